The minimum absolute atomic E-state index is 0.359. The Kier molecular flexibility index (Phi) is 6.52. The Morgan fingerprint density at radius 2 is 2.20 bits per heavy atom. The summed E-state index contributed by atoms with van der Waals surface area (Å²) < 4.78 is 10.3. The molecular weight excluding hydrogens is 254 g/mol. The third-order valence-corrected chi connectivity index (χ3v) is 3.05. The maximum atomic E-state index is 11.5. The van der Waals surface area contributed by atoms with Gasteiger partial charge in [-0.3, -0.25) is 0 Å². The van der Waals surface area contributed by atoms with Crippen molar-refractivity contribution in [2.24, 2.45) is 5.92 Å². The molecule has 1 aromatic rings. The van der Waals surface area contributed by atoms with Gasteiger partial charge < -0.3 is 14.5 Å². The first kappa shape index (κ1) is 16.5. The number of hydrogen-bond donors (Lipinski definition) is 1. The molecule has 0 amide bonds. The fourth-order valence-electron chi connectivity index (χ4n) is 1.89. The SMILES string of the molecule is CCC(=Cc1cc(C(=O)OC)c(C)o1)CNCC(C)C. The molecule has 4 heteroatoms. The summed E-state index contributed by atoms with van der Waals surface area (Å²) in [6.07, 6.45) is 2.94. The standard InChI is InChI=1S/C16H25NO3/c1-6-13(10-17-9-11(2)3)7-14-8-15(12(4)20-14)16(18)19-5/h7-8,11,17H,6,9-10H2,1-5H3. The van der Waals surface area contributed by atoms with Crippen molar-refractivity contribution < 1.29 is 13.9 Å². The van der Waals surface area contributed by atoms with E-state index in [-0.39, 0.29) is 5.97 Å². The van der Waals surface area contributed by atoms with Crippen LogP contribution in [-0.4, -0.2) is 26.2 Å². The molecule has 1 N–H and O–H groups in total. The van der Waals surface area contributed by atoms with Gasteiger partial charge in [0.2, 0.25) is 0 Å². The molecule has 0 unspecified atom stereocenters. The van der Waals surface area contributed by atoms with Crippen LogP contribution in [0.5, 0.6) is 0 Å². The first-order valence-corrected chi connectivity index (χ1v) is 7.06. The van der Waals surface area contributed by atoms with Crippen molar-refractivity contribution in [1.82, 2.24) is 5.32 Å². The van der Waals surface area contributed by atoms with Gasteiger partial charge in [0.15, 0.2) is 0 Å². The summed E-state index contributed by atoms with van der Waals surface area (Å²) in [7, 11) is 1.37. The van der Waals surface area contributed by atoms with Crippen LogP contribution in [0.15, 0.2) is 16.1 Å². The van der Waals surface area contributed by atoms with Crippen LogP contribution in [0, 0.1) is 12.8 Å². The lowest BCUT2D eigenvalue weighted by Gasteiger charge is -2.08. The summed E-state index contributed by atoms with van der Waals surface area (Å²) in [5, 5.41) is 3.41. The van der Waals surface area contributed by atoms with Crippen molar-refractivity contribution in [3.05, 3.63) is 28.7 Å². The molecule has 0 bridgehead atoms. The Hall–Kier alpha value is -1.55. The number of methoxy groups -OCH3 is 1. The zero-order valence-electron chi connectivity index (χ0n) is 13.1. The highest BCUT2D eigenvalue weighted by Crippen LogP contribution is 2.18. The quantitative estimate of drug-likeness (QED) is 0.777. The maximum Gasteiger partial charge on any atom is 0.341 e. The summed E-state index contributed by atoms with van der Waals surface area (Å²) >= 11 is 0. The Morgan fingerprint density at radius 1 is 1.50 bits per heavy atom. The first-order valence-electron chi connectivity index (χ1n) is 7.06. The minimum Gasteiger partial charge on any atom is -0.465 e. The van der Waals surface area contributed by atoms with E-state index in [2.05, 4.69) is 26.1 Å². The smallest absolute Gasteiger partial charge is 0.341 e. The van der Waals surface area contributed by atoms with E-state index in [1.54, 1.807) is 13.0 Å². The normalized spacial score (nSPS) is 12.0. The van der Waals surface area contributed by atoms with Gasteiger partial charge in [-0.15, -0.1) is 0 Å². The average molecular weight is 279 g/mol. The van der Waals surface area contributed by atoms with Crippen LogP contribution < -0.4 is 5.32 Å². The van der Waals surface area contributed by atoms with E-state index in [4.69, 9.17) is 9.15 Å². The fourth-order valence-corrected chi connectivity index (χ4v) is 1.89. The second-order valence-electron chi connectivity index (χ2n) is 5.29. The molecule has 20 heavy (non-hydrogen) atoms. The van der Waals surface area contributed by atoms with Crippen molar-refractivity contribution in [3.8, 4) is 0 Å². The number of aryl methyl sites for hydroxylation is 1. The third kappa shape index (κ3) is 4.85. The molecule has 1 heterocycles. The molecule has 0 spiro atoms. The maximum absolute atomic E-state index is 11.5. The zero-order chi connectivity index (χ0) is 15.1. The summed E-state index contributed by atoms with van der Waals surface area (Å²) in [4.78, 5) is 11.5. The Morgan fingerprint density at radius 3 is 2.75 bits per heavy atom. The molecule has 1 rings (SSSR count). The largest absolute Gasteiger partial charge is 0.465 e. The fraction of sp³-hybridized carbons (Fsp3) is 0.562. The summed E-state index contributed by atoms with van der Waals surface area (Å²) in [6.45, 7) is 10.1. The van der Waals surface area contributed by atoms with Crippen molar-refractivity contribution in [2.75, 3.05) is 20.2 Å². The van der Waals surface area contributed by atoms with Crippen LogP contribution in [0.3, 0.4) is 0 Å². The molecule has 0 fully saturated rings. The van der Waals surface area contributed by atoms with Crippen LogP contribution in [0.2, 0.25) is 0 Å². The Labute approximate surface area is 121 Å². The van der Waals surface area contributed by atoms with Gasteiger partial charge in [-0.05, 0) is 37.9 Å². The molecule has 0 saturated heterocycles. The second-order valence-corrected chi connectivity index (χ2v) is 5.29. The van der Waals surface area contributed by atoms with E-state index >= 15 is 0 Å². The molecule has 112 valence electrons. The molecule has 4 nitrogen and oxygen atoms in total. The lowest BCUT2D eigenvalue weighted by atomic mass is 10.1. The van der Waals surface area contributed by atoms with E-state index < -0.39 is 0 Å². The topological polar surface area (TPSA) is 51.5 Å². The molecule has 0 radical (unpaired) electrons. The molecule has 0 aliphatic rings. The van der Waals surface area contributed by atoms with Crippen molar-refractivity contribution in [2.45, 2.75) is 34.1 Å². The van der Waals surface area contributed by atoms with Gasteiger partial charge >= 0.3 is 5.97 Å². The Balaban J connectivity index is 2.77. The van der Waals surface area contributed by atoms with Gasteiger partial charge in [0.25, 0.3) is 0 Å². The molecule has 0 saturated carbocycles. The van der Waals surface area contributed by atoms with Crippen LogP contribution in [0.1, 0.15) is 49.1 Å². The van der Waals surface area contributed by atoms with Crippen molar-refractivity contribution in [1.29, 1.82) is 0 Å². The van der Waals surface area contributed by atoms with E-state index in [0.717, 1.165) is 19.5 Å². The number of furan rings is 1. The second kappa shape index (κ2) is 7.90. The number of hydrogen-bond acceptors (Lipinski definition) is 4. The summed E-state index contributed by atoms with van der Waals surface area (Å²) in [5.41, 5.74) is 1.74. The van der Waals surface area contributed by atoms with Gasteiger partial charge in [0.1, 0.15) is 17.1 Å². The number of nitrogens with one attached hydrogen (secondary N) is 1. The molecular formula is C16H25NO3. The molecule has 1 aromatic heterocycles. The van der Waals surface area contributed by atoms with Crippen LogP contribution in [0.25, 0.3) is 6.08 Å². The van der Waals surface area contributed by atoms with Crippen LogP contribution in [0.4, 0.5) is 0 Å². The highest BCUT2D eigenvalue weighted by molar-refractivity contribution is 5.91. The molecule has 0 atom stereocenters. The third-order valence-electron chi connectivity index (χ3n) is 3.05. The number of carbonyl (C=O) groups is 1. The number of esters is 1. The van der Waals surface area contributed by atoms with Crippen molar-refractivity contribution in [3.63, 3.8) is 0 Å². The van der Waals surface area contributed by atoms with E-state index in [9.17, 15) is 4.79 Å². The average Bonchev–Trinajstić information content (AvgIpc) is 2.77. The predicted molar refractivity (Wildman–Crippen MR) is 80.8 cm³/mol. The highest BCUT2D eigenvalue weighted by atomic mass is 16.5. The van der Waals surface area contributed by atoms with Gasteiger partial charge in [0.05, 0.1) is 7.11 Å². The minimum atomic E-state index is -0.359. The van der Waals surface area contributed by atoms with Gasteiger partial charge in [-0.2, -0.15) is 0 Å². The predicted octanol–water partition coefficient (Wildman–Crippen LogP) is 3.41. The van der Waals surface area contributed by atoms with E-state index in [0.29, 0.717) is 23.0 Å². The van der Waals surface area contributed by atoms with E-state index in [1.165, 1.54) is 12.7 Å². The molecule has 0 aromatic carbocycles. The summed E-state index contributed by atoms with van der Waals surface area (Å²) in [6, 6.07) is 1.74. The van der Waals surface area contributed by atoms with Crippen LogP contribution in [-0.2, 0) is 4.74 Å². The molecule has 0 aliphatic carbocycles. The first-order chi connectivity index (χ1) is 9.47. The van der Waals surface area contributed by atoms with Crippen LogP contribution >= 0.6 is 0 Å². The zero-order valence-corrected chi connectivity index (χ0v) is 13.1. The highest BCUT2D eigenvalue weighted by Gasteiger charge is 2.14. The lowest BCUT2D eigenvalue weighted by Crippen LogP contribution is -2.21. The lowest BCUT2D eigenvalue weighted by molar-refractivity contribution is 0.0599. The van der Waals surface area contributed by atoms with E-state index in [1.807, 2.05) is 6.08 Å². The summed E-state index contributed by atoms with van der Waals surface area (Å²) in [5.74, 6) is 1.56. The van der Waals surface area contributed by atoms with Crippen molar-refractivity contribution >= 4 is 12.0 Å². The molecule has 0 aliphatic heterocycles. The Bertz CT molecular complexity index is 472. The number of ether oxygens (including phenoxy) is 1. The number of carbonyl (C=O) groups excluding carboxylic acids is 1. The van der Waals surface area contributed by atoms with Gasteiger partial charge in [0, 0.05) is 6.54 Å². The van der Waals surface area contributed by atoms with Gasteiger partial charge in [-0.25, -0.2) is 4.79 Å². The van der Waals surface area contributed by atoms with Gasteiger partial charge in [-0.1, -0.05) is 26.3 Å². The number of rotatable bonds is 7. The monoisotopic (exact) mass is 279 g/mol.